The summed E-state index contributed by atoms with van der Waals surface area (Å²) < 4.78 is 1.87. The molecule has 4 rings (SSSR count). The standard InChI is InChI=1S/C24H27N3O/c1-18-23(15-26(2)25-18)17-27-14-6-9-22(16-27)24(28)21-12-10-20(11-13-21)19-7-4-3-5-8-19/h3-5,7-8,10-13,15,22H,6,9,14,16-17H2,1-2H3/t22-/m0/s1. The van der Waals surface area contributed by atoms with Crippen molar-refractivity contribution < 1.29 is 4.79 Å². The molecule has 0 radical (unpaired) electrons. The molecule has 2 aromatic carbocycles. The van der Waals surface area contributed by atoms with Crippen molar-refractivity contribution in [2.75, 3.05) is 13.1 Å². The van der Waals surface area contributed by atoms with Crippen molar-refractivity contribution in [2.24, 2.45) is 13.0 Å². The van der Waals surface area contributed by atoms with Crippen LogP contribution < -0.4 is 0 Å². The molecule has 1 aliphatic heterocycles. The van der Waals surface area contributed by atoms with Crippen LogP contribution in [0.25, 0.3) is 11.1 Å². The quantitative estimate of drug-likeness (QED) is 0.619. The van der Waals surface area contributed by atoms with Gasteiger partial charge in [-0.3, -0.25) is 14.4 Å². The molecule has 0 saturated carbocycles. The Morgan fingerprint density at radius 1 is 1.07 bits per heavy atom. The first kappa shape index (κ1) is 18.6. The Morgan fingerprint density at radius 2 is 1.79 bits per heavy atom. The highest BCUT2D eigenvalue weighted by molar-refractivity contribution is 5.98. The highest BCUT2D eigenvalue weighted by Gasteiger charge is 2.27. The topological polar surface area (TPSA) is 38.1 Å². The summed E-state index contributed by atoms with van der Waals surface area (Å²) in [4.78, 5) is 15.5. The van der Waals surface area contributed by atoms with Crippen LogP contribution in [0.1, 0.15) is 34.5 Å². The zero-order valence-electron chi connectivity index (χ0n) is 16.6. The van der Waals surface area contributed by atoms with E-state index >= 15 is 0 Å². The second kappa shape index (κ2) is 8.11. The lowest BCUT2D eigenvalue weighted by Crippen LogP contribution is -2.38. The van der Waals surface area contributed by atoms with Crippen molar-refractivity contribution in [3.8, 4) is 11.1 Å². The van der Waals surface area contributed by atoms with Crippen LogP contribution in [-0.2, 0) is 13.6 Å². The summed E-state index contributed by atoms with van der Waals surface area (Å²) in [5.41, 5.74) is 5.48. The Balaban J connectivity index is 1.43. The first-order chi connectivity index (χ1) is 13.6. The van der Waals surface area contributed by atoms with Gasteiger partial charge in [-0.2, -0.15) is 5.10 Å². The summed E-state index contributed by atoms with van der Waals surface area (Å²) in [6, 6.07) is 18.4. The van der Waals surface area contributed by atoms with Crippen molar-refractivity contribution in [1.82, 2.24) is 14.7 Å². The van der Waals surface area contributed by atoms with Crippen LogP contribution in [0.4, 0.5) is 0 Å². The van der Waals surface area contributed by atoms with Gasteiger partial charge in [0.05, 0.1) is 5.69 Å². The third kappa shape index (κ3) is 4.07. The maximum absolute atomic E-state index is 13.1. The Hall–Kier alpha value is -2.72. The summed E-state index contributed by atoms with van der Waals surface area (Å²) >= 11 is 0. The Morgan fingerprint density at radius 3 is 2.46 bits per heavy atom. The minimum absolute atomic E-state index is 0.0771. The molecule has 1 atom stereocenters. The average molecular weight is 374 g/mol. The van der Waals surface area contributed by atoms with E-state index in [-0.39, 0.29) is 11.7 Å². The van der Waals surface area contributed by atoms with Gasteiger partial charge in [0.2, 0.25) is 0 Å². The monoisotopic (exact) mass is 373 g/mol. The Labute approximate surface area is 166 Å². The molecule has 1 saturated heterocycles. The van der Waals surface area contributed by atoms with Gasteiger partial charge in [0.1, 0.15) is 0 Å². The number of ketones is 1. The van der Waals surface area contributed by atoms with E-state index in [0.717, 1.165) is 49.3 Å². The molecule has 0 spiro atoms. The summed E-state index contributed by atoms with van der Waals surface area (Å²) in [6.07, 6.45) is 4.13. The van der Waals surface area contributed by atoms with Crippen LogP contribution in [-0.4, -0.2) is 33.6 Å². The lowest BCUT2D eigenvalue weighted by Gasteiger charge is -2.31. The molecule has 0 amide bonds. The first-order valence-corrected chi connectivity index (χ1v) is 10.0. The van der Waals surface area contributed by atoms with E-state index in [2.05, 4.69) is 47.4 Å². The third-order valence-electron chi connectivity index (χ3n) is 5.66. The molecular weight excluding hydrogens is 346 g/mol. The first-order valence-electron chi connectivity index (χ1n) is 10.0. The molecule has 0 unspecified atom stereocenters. The molecule has 4 heteroatoms. The fraction of sp³-hybridized carbons (Fsp3) is 0.333. The van der Waals surface area contributed by atoms with Gasteiger partial charge in [-0.1, -0.05) is 54.6 Å². The van der Waals surface area contributed by atoms with Gasteiger partial charge in [0.25, 0.3) is 0 Å². The van der Waals surface area contributed by atoms with E-state index in [1.54, 1.807) is 0 Å². The minimum atomic E-state index is 0.0771. The number of Topliss-reactive ketones (excluding diaryl/α,β-unsaturated/α-hetero) is 1. The fourth-order valence-corrected chi connectivity index (χ4v) is 4.15. The van der Waals surface area contributed by atoms with E-state index in [0.29, 0.717) is 0 Å². The zero-order valence-corrected chi connectivity index (χ0v) is 16.6. The molecule has 28 heavy (non-hydrogen) atoms. The van der Waals surface area contributed by atoms with E-state index < -0.39 is 0 Å². The van der Waals surface area contributed by atoms with Crippen LogP contribution in [0.3, 0.4) is 0 Å². The van der Waals surface area contributed by atoms with E-state index in [1.807, 2.05) is 42.1 Å². The lowest BCUT2D eigenvalue weighted by molar-refractivity contribution is 0.0811. The second-order valence-corrected chi connectivity index (χ2v) is 7.80. The summed E-state index contributed by atoms with van der Waals surface area (Å²) in [7, 11) is 1.96. The highest BCUT2D eigenvalue weighted by Crippen LogP contribution is 2.25. The van der Waals surface area contributed by atoms with E-state index in [1.165, 1.54) is 11.1 Å². The smallest absolute Gasteiger partial charge is 0.167 e. The number of carbonyl (C=O) groups is 1. The number of hydrogen-bond donors (Lipinski definition) is 0. The van der Waals surface area contributed by atoms with Crippen molar-refractivity contribution in [3.05, 3.63) is 77.6 Å². The largest absolute Gasteiger partial charge is 0.298 e. The normalized spacial score (nSPS) is 17.6. The molecule has 0 aliphatic carbocycles. The number of rotatable bonds is 5. The molecular formula is C24H27N3O. The number of piperidine rings is 1. The van der Waals surface area contributed by atoms with Crippen molar-refractivity contribution in [2.45, 2.75) is 26.3 Å². The molecule has 144 valence electrons. The van der Waals surface area contributed by atoms with Crippen LogP contribution >= 0.6 is 0 Å². The molecule has 4 nitrogen and oxygen atoms in total. The zero-order chi connectivity index (χ0) is 19.5. The number of nitrogens with zero attached hydrogens (tertiary/aromatic N) is 3. The molecule has 1 aliphatic rings. The SMILES string of the molecule is Cc1nn(C)cc1CN1CCC[C@H](C(=O)c2ccc(-c3ccccc3)cc2)C1. The summed E-state index contributed by atoms with van der Waals surface area (Å²) in [5.74, 6) is 0.348. The van der Waals surface area contributed by atoms with Gasteiger partial charge < -0.3 is 0 Å². The second-order valence-electron chi connectivity index (χ2n) is 7.80. The Kier molecular flexibility index (Phi) is 5.40. The van der Waals surface area contributed by atoms with Crippen LogP contribution in [0.15, 0.2) is 60.8 Å². The molecule has 0 N–H and O–H groups in total. The lowest BCUT2D eigenvalue weighted by atomic mass is 9.89. The molecule has 2 heterocycles. The van der Waals surface area contributed by atoms with E-state index in [9.17, 15) is 4.79 Å². The fourth-order valence-electron chi connectivity index (χ4n) is 4.15. The van der Waals surface area contributed by atoms with Gasteiger partial charge in [0.15, 0.2) is 5.78 Å². The highest BCUT2D eigenvalue weighted by atomic mass is 16.1. The van der Waals surface area contributed by atoms with Crippen LogP contribution in [0.5, 0.6) is 0 Å². The molecule has 3 aromatic rings. The summed E-state index contributed by atoms with van der Waals surface area (Å²) in [6.45, 7) is 4.80. The van der Waals surface area contributed by atoms with Crippen LogP contribution in [0.2, 0.25) is 0 Å². The maximum atomic E-state index is 13.1. The number of aryl methyl sites for hydroxylation is 2. The van der Waals surface area contributed by atoms with Gasteiger partial charge in [-0.05, 0) is 37.4 Å². The van der Waals surface area contributed by atoms with Gasteiger partial charge >= 0.3 is 0 Å². The molecule has 1 fully saturated rings. The molecule has 1 aromatic heterocycles. The van der Waals surface area contributed by atoms with Gasteiger partial charge in [-0.25, -0.2) is 0 Å². The van der Waals surface area contributed by atoms with Gasteiger partial charge in [-0.15, -0.1) is 0 Å². The van der Waals surface area contributed by atoms with Crippen molar-refractivity contribution in [3.63, 3.8) is 0 Å². The van der Waals surface area contributed by atoms with E-state index in [4.69, 9.17) is 0 Å². The van der Waals surface area contributed by atoms with Gasteiger partial charge in [0, 0.05) is 43.4 Å². The van der Waals surface area contributed by atoms with Crippen molar-refractivity contribution in [1.29, 1.82) is 0 Å². The number of likely N-dealkylation sites (tertiary alicyclic amines) is 1. The molecule has 0 bridgehead atoms. The number of carbonyl (C=O) groups excluding carboxylic acids is 1. The van der Waals surface area contributed by atoms with Crippen LogP contribution in [0, 0.1) is 12.8 Å². The maximum Gasteiger partial charge on any atom is 0.167 e. The Bertz CT molecular complexity index is 944. The third-order valence-corrected chi connectivity index (χ3v) is 5.66. The van der Waals surface area contributed by atoms with Crippen molar-refractivity contribution >= 4 is 5.78 Å². The predicted molar refractivity (Wildman–Crippen MR) is 112 cm³/mol. The number of benzene rings is 2. The summed E-state index contributed by atoms with van der Waals surface area (Å²) in [5, 5.41) is 4.43. The minimum Gasteiger partial charge on any atom is -0.298 e. The average Bonchev–Trinajstić information content (AvgIpc) is 3.05. The predicted octanol–water partition coefficient (Wildman–Crippen LogP) is 4.49. The number of aromatic nitrogens is 2. The number of hydrogen-bond acceptors (Lipinski definition) is 3.